The third-order valence-electron chi connectivity index (χ3n) is 5.15. The maximum atomic E-state index is 13.0. The molecule has 1 heterocycles. The lowest BCUT2D eigenvalue weighted by Gasteiger charge is -2.38. The molecular weight excluding hydrogens is 324 g/mol. The molecule has 0 spiro atoms. The number of carbonyl (C=O) groups is 2. The van der Waals surface area contributed by atoms with E-state index < -0.39 is 0 Å². The fraction of sp³-hybridized carbons (Fsp3) is 0.364. The monoisotopic (exact) mass is 350 g/mol. The summed E-state index contributed by atoms with van der Waals surface area (Å²) in [6, 6.07) is 20.2. The van der Waals surface area contributed by atoms with E-state index in [0.717, 1.165) is 12.0 Å². The molecule has 4 nitrogen and oxygen atoms in total. The maximum absolute atomic E-state index is 13.0. The van der Waals surface area contributed by atoms with E-state index in [4.69, 9.17) is 0 Å². The second-order valence-electron chi connectivity index (χ2n) is 7.14. The lowest BCUT2D eigenvalue weighted by Crippen LogP contribution is -2.47. The molecule has 2 aromatic rings. The molecule has 2 amide bonds. The SMILES string of the molecule is CC(=O)N1CC(C(=O)N(C)Cc2ccccc2)CC(c2ccccc2)C1. The third kappa shape index (κ3) is 4.31. The van der Waals surface area contributed by atoms with Gasteiger partial charge >= 0.3 is 0 Å². The van der Waals surface area contributed by atoms with Gasteiger partial charge in [0, 0.05) is 39.5 Å². The predicted octanol–water partition coefficient (Wildman–Crippen LogP) is 3.30. The summed E-state index contributed by atoms with van der Waals surface area (Å²) in [5.74, 6) is 0.189. The van der Waals surface area contributed by atoms with E-state index in [1.165, 1.54) is 5.56 Å². The lowest BCUT2D eigenvalue weighted by atomic mass is 9.83. The topological polar surface area (TPSA) is 40.6 Å². The number of rotatable bonds is 4. The first kappa shape index (κ1) is 18.2. The Morgan fingerprint density at radius 2 is 1.62 bits per heavy atom. The van der Waals surface area contributed by atoms with Gasteiger partial charge in [-0.05, 0) is 17.5 Å². The summed E-state index contributed by atoms with van der Waals surface area (Å²) in [7, 11) is 1.85. The minimum absolute atomic E-state index is 0.0362. The van der Waals surface area contributed by atoms with Gasteiger partial charge in [0.2, 0.25) is 11.8 Å². The molecular formula is C22H26N2O2. The molecule has 1 fully saturated rings. The lowest BCUT2D eigenvalue weighted by molar-refractivity contribution is -0.140. The molecule has 1 aliphatic heterocycles. The minimum Gasteiger partial charge on any atom is -0.342 e. The first-order chi connectivity index (χ1) is 12.5. The molecule has 2 unspecified atom stereocenters. The Balaban J connectivity index is 1.74. The Bertz CT molecular complexity index is 745. The van der Waals surface area contributed by atoms with Crippen LogP contribution in [0.25, 0.3) is 0 Å². The second-order valence-corrected chi connectivity index (χ2v) is 7.14. The number of hydrogen-bond acceptors (Lipinski definition) is 2. The standard InChI is InChI=1S/C22H26N2O2/c1-17(25)24-15-20(19-11-7-4-8-12-19)13-21(16-24)22(26)23(2)14-18-9-5-3-6-10-18/h3-12,20-21H,13-16H2,1-2H3. The molecule has 1 saturated heterocycles. The van der Waals surface area contributed by atoms with Crippen LogP contribution in [-0.4, -0.2) is 41.8 Å². The zero-order valence-electron chi connectivity index (χ0n) is 15.5. The molecule has 0 aliphatic carbocycles. The highest BCUT2D eigenvalue weighted by atomic mass is 16.2. The zero-order valence-corrected chi connectivity index (χ0v) is 15.5. The van der Waals surface area contributed by atoms with Gasteiger partial charge in [0.25, 0.3) is 0 Å². The highest BCUT2D eigenvalue weighted by Gasteiger charge is 2.34. The fourth-order valence-corrected chi connectivity index (χ4v) is 3.75. The van der Waals surface area contributed by atoms with Crippen LogP contribution in [-0.2, 0) is 16.1 Å². The van der Waals surface area contributed by atoms with Crippen molar-refractivity contribution in [3.8, 4) is 0 Å². The van der Waals surface area contributed by atoms with E-state index in [1.807, 2.05) is 60.5 Å². The van der Waals surface area contributed by atoms with Crippen molar-refractivity contribution in [2.24, 2.45) is 5.92 Å². The van der Waals surface area contributed by atoms with Gasteiger partial charge in [-0.3, -0.25) is 9.59 Å². The van der Waals surface area contributed by atoms with Crippen LogP contribution >= 0.6 is 0 Å². The van der Waals surface area contributed by atoms with Gasteiger partial charge < -0.3 is 9.80 Å². The Labute approximate surface area is 155 Å². The Kier molecular flexibility index (Phi) is 5.71. The Morgan fingerprint density at radius 3 is 2.23 bits per heavy atom. The molecule has 0 radical (unpaired) electrons. The van der Waals surface area contributed by atoms with Crippen molar-refractivity contribution in [1.29, 1.82) is 0 Å². The summed E-state index contributed by atoms with van der Waals surface area (Å²) in [6.07, 6.45) is 0.783. The maximum Gasteiger partial charge on any atom is 0.227 e. The molecule has 0 aromatic heterocycles. The van der Waals surface area contributed by atoms with Crippen LogP contribution in [0.2, 0.25) is 0 Å². The van der Waals surface area contributed by atoms with E-state index in [2.05, 4.69) is 12.1 Å². The van der Waals surface area contributed by atoms with Gasteiger partial charge in [-0.1, -0.05) is 60.7 Å². The van der Waals surface area contributed by atoms with Crippen LogP contribution in [0.15, 0.2) is 60.7 Å². The van der Waals surface area contributed by atoms with Gasteiger partial charge in [0.1, 0.15) is 0 Å². The Morgan fingerprint density at radius 1 is 1.00 bits per heavy atom. The molecule has 0 bridgehead atoms. The number of carbonyl (C=O) groups excluding carboxylic acids is 2. The van der Waals surface area contributed by atoms with Gasteiger partial charge in [0.05, 0.1) is 5.92 Å². The molecule has 4 heteroatoms. The summed E-state index contributed by atoms with van der Waals surface area (Å²) < 4.78 is 0. The van der Waals surface area contributed by atoms with Crippen LogP contribution in [0.1, 0.15) is 30.4 Å². The highest BCUT2D eigenvalue weighted by molar-refractivity contribution is 5.81. The molecule has 0 saturated carbocycles. The molecule has 0 N–H and O–H groups in total. The average Bonchev–Trinajstić information content (AvgIpc) is 2.68. The number of likely N-dealkylation sites (tertiary alicyclic amines) is 1. The van der Waals surface area contributed by atoms with Crippen LogP contribution in [0.5, 0.6) is 0 Å². The summed E-state index contributed by atoms with van der Waals surface area (Å²) >= 11 is 0. The highest BCUT2D eigenvalue weighted by Crippen LogP contribution is 2.31. The average molecular weight is 350 g/mol. The van der Waals surface area contributed by atoms with Crippen molar-refractivity contribution in [1.82, 2.24) is 9.80 Å². The van der Waals surface area contributed by atoms with Gasteiger partial charge in [0.15, 0.2) is 0 Å². The first-order valence-electron chi connectivity index (χ1n) is 9.14. The molecule has 2 aromatic carbocycles. The summed E-state index contributed by atoms with van der Waals surface area (Å²) in [5, 5.41) is 0. The van der Waals surface area contributed by atoms with Crippen molar-refractivity contribution in [3.63, 3.8) is 0 Å². The fourth-order valence-electron chi connectivity index (χ4n) is 3.75. The number of hydrogen-bond donors (Lipinski definition) is 0. The number of piperidine rings is 1. The van der Waals surface area contributed by atoms with E-state index in [9.17, 15) is 9.59 Å². The van der Waals surface area contributed by atoms with Crippen molar-refractivity contribution in [2.45, 2.75) is 25.8 Å². The molecule has 26 heavy (non-hydrogen) atoms. The Hall–Kier alpha value is -2.62. The summed E-state index contributed by atoms with van der Waals surface area (Å²) in [5.41, 5.74) is 2.31. The van der Waals surface area contributed by atoms with E-state index >= 15 is 0 Å². The van der Waals surface area contributed by atoms with Crippen LogP contribution < -0.4 is 0 Å². The van der Waals surface area contributed by atoms with Crippen molar-refractivity contribution in [3.05, 3.63) is 71.8 Å². The molecule has 136 valence electrons. The van der Waals surface area contributed by atoms with E-state index in [1.54, 1.807) is 11.8 Å². The van der Waals surface area contributed by atoms with E-state index in [-0.39, 0.29) is 23.7 Å². The largest absolute Gasteiger partial charge is 0.342 e. The predicted molar refractivity (Wildman–Crippen MR) is 102 cm³/mol. The second kappa shape index (κ2) is 8.17. The number of nitrogens with zero attached hydrogens (tertiary/aromatic N) is 2. The molecule has 1 aliphatic rings. The van der Waals surface area contributed by atoms with Crippen molar-refractivity contribution >= 4 is 11.8 Å². The van der Waals surface area contributed by atoms with Crippen molar-refractivity contribution < 1.29 is 9.59 Å². The number of amides is 2. The smallest absolute Gasteiger partial charge is 0.227 e. The van der Waals surface area contributed by atoms with Gasteiger partial charge in [-0.25, -0.2) is 0 Å². The molecule has 2 atom stereocenters. The quantitative estimate of drug-likeness (QED) is 0.849. The number of benzene rings is 2. The van der Waals surface area contributed by atoms with Crippen LogP contribution in [0.3, 0.4) is 0 Å². The van der Waals surface area contributed by atoms with Gasteiger partial charge in [-0.2, -0.15) is 0 Å². The normalized spacial score (nSPS) is 19.8. The zero-order chi connectivity index (χ0) is 18.5. The minimum atomic E-state index is -0.161. The van der Waals surface area contributed by atoms with E-state index in [0.29, 0.717) is 19.6 Å². The van der Waals surface area contributed by atoms with Crippen molar-refractivity contribution in [2.75, 3.05) is 20.1 Å². The third-order valence-corrected chi connectivity index (χ3v) is 5.15. The van der Waals surface area contributed by atoms with Gasteiger partial charge in [-0.15, -0.1) is 0 Å². The summed E-state index contributed by atoms with van der Waals surface area (Å²) in [6.45, 7) is 3.37. The molecule has 3 rings (SSSR count). The first-order valence-corrected chi connectivity index (χ1v) is 9.14. The van der Waals surface area contributed by atoms with Crippen LogP contribution in [0.4, 0.5) is 0 Å². The van der Waals surface area contributed by atoms with Crippen LogP contribution in [0, 0.1) is 5.92 Å². The summed E-state index contributed by atoms with van der Waals surface area (Å²) in [4.78, 5) is 28.6.